The fraction of sp³-hybridized carbons (Fsp3) is 0.105. The Balaban J connectivity index is 1.89. The van der Waals surface area contributed by atoms with Gasteiger partial charge < -0.3 is 5.32 Å². The lowest BCUT2D eigenvalue weighted by Gasteiger charge is -2.15. The van der Waals surface area contributed by atoms with Gasteiger partial charge in [-0.15, -0.1) is 0 Å². The molecule has 3 aromatic rings. The van der Waals surface area contributed by atoms with E-state index >= 15 is 0 Å². The second-order valence-electron chi connectivity index (χ2n) is 5.84. The number of amides is 1. The first-order valence-corrected chi connectivity index (χ1v) is 8.34. The van der Waals surface area contributed by atoms with Crippen molar-refractivity contribution in [3.8, 4) is 11.3 Å². The van der Waals surface area contributed by atoms with Gasteiger partial charge in [-0.05, 0) is 37.3 Å². The van der Waals surface area contributed by atoms with E-state index in [4.69, 9.17) is 11.6 Å². The molecule has 1 unspecified atom stereocenters. The molecule has 0 spiro atoms. The van der Waals surface area contributed by atoms with Gasteiger partial charge in [0.05, 0.1) is 5.69 Å². The summed E-state index contributed by atoms with van der Waals surface area (Å²) in [6, 6.07) is 11.3. The number of carbonyl (C=O) groups excluding carboxylic acids is 1. The van der Waals surface area contributed by atoms with Crippen LogP contribution >= 0.6 is 11.6 Å². The van der Waals surface area contributed by atoms with E-state index in [0.29, 0.717) is 22.3 Å². The number of nitrogens with one attached hydrogen (secondary N) is 1. The van der Waals surface area contributed by atoms with E-state index in [-0.39, 0.29) is 5.69 Å². The number of hydrogen-bond donors (Lipinski definition) is 1. The summed E-state index contributed by atoms with van der Waals surface area (Å²) < 4.78 is 27.5. The second kappa shape index (κ2) is 7.67. The Kier molecular flexibility index (Phi) is 5.32. The van der Waals surface area contributed by atoms with Crippen molar-refractivity contribution in [2.24, 2.45) is 0 Å². The molecule has 1 N–H and O–H groups in total. The third-order valence-corrected chi connectivity index (χ3v) is 4.06. The van der Waals surface area contributed by atoms with E-state index in [9.17, 15) is 18.4 Å². The molecule has 27 heavy (non-hydrogen) atoms. The van der Waals surface area contributed by atoms with E-state index in [1.54, 1.807) is 24.3 Å². The highest BCUT2D eigenvalue weighted by molar-refractivity contribution is 6.30. The van der Waals surface area contributed by atoms with Gasteiger partial charge in [0.2, 0.25) is 5.91 Å². The predicted octanol–water partition coefficient (Wildman–Crippen LogP) is 4.04. The number of rotatable bonds is 4. The van der Waals surface area contributed by atoms with Crippen molar-refractivity contribution in [1.82, 2.24) is 9.78 Å². The van der Waals surface area contributed by atoms with Crippen LogP contribution in [0.5, 0.6) is 0 Å². The summed E-state index contributed by atoms with van der Waals surface area (Å²) >= 11 is 5.97. The van der Waals surface area contributed by atoms with E-state index in [0.717, 1.165) is 16.8 Å². The van der Waals surface area contributed by atoms with Gasteiger partial charge in [-0.1, -0.05) is 23.7 Å². The molecule has 0 aliphatic rings. The topological polar surface area (TPSA) is 64.0 Å². The summed E-state index contributed by atoms with van der Waals surface area (Å²) in [4.78, 5) is 24.6. The molecule has 3 rings (SSSR count). The normalized spacial score (nSPS) is 11.9. The van der Waals surface area contributed by atoms with Crippen LogP contribution in [0.3, 0.4) is 0 Å². The zero-order valence-electron chi connectivity index (χ0n) is 14.1. The molecule has 0 saturated heterocycles. The molecule has 138 valence electrons. The van der Waals surface area contributed by atoms with Crippen molar-refractivity contribution >= 4 is 23.2 Å². The maximum absolute atomic E-state index is 13.3. The van der Waals surface area contributed by atoms with E-state index < -0.39 is 29.1 Å². The number of halogens is 3. The lowest BCUT2D eigenvalue weighted by Crippen LogP contribution is -2.33. The quantitative estimate of drug-likeness (QED) is 0.732. The van der Waals surface area contributed by atoms with E-state index in [1.165, 1.54) is 19.1 Å². The zero-order valence-corrected chi connectivity index (χ0v) is 14.9. The van der Waals surface area contributed by atoms with Crippen molar-refractivity contribution in [1.29, 1.82) is 0 Å². The van der Waals surface area contributed by atoms with Crippen LogP contribution in [0.2, 0.25) is 5.02 Å². The molecule has 1 heterocycles. The maximum atomic E-state index is 13.3. The summed E-state index contributed by atoms with van der Waals surface area (Å²) in [7, 11) is 0. The summed E-state index contributed by atoms with van der Waals surface area (Å²) in [6.07, 6.45) is 0. The van der Waals surface area contributed by atoms with Crippen molar-refractivity contribution in [3.63, 3.8) is 0 Å². The van der Waals surface area contributed by atoms with Crippen LogP contribution in [0, 0.1) is 11.6 Å². The monoisotopic (exact) mass is 389 g/mol. The fourth-order valence-corrected chi connectivity index (χ4v) is 2.68. The summed E-state index contributed by atoms with van der Waals surface area (Å²) in [5.74, 6) is -2.29. The zero-order chi connectivity index (χ0) is 19.6. The highest BCUT2D eigenvalue weighted by Gasteiger charge is 2.19. The molecule has 0 bridgehead atoms. The summed E-state index contributed by atoms with van der Waals surface area (Å²) in [6.45, 7) is 1.46. The van der Waals surface area contributed by atoms with Crippen LogP contribution in [0.1, 0.15) is 13.0 Å². The molecular weight excluding hydrogens is 376 g/mol. The van der Waals surface area contributed by atoms with Crippen molar-refractivity contribution in [2.45, 2.75) is 13.0 Å². The number of anilines is 1. The van der Waals surface area contributed by atoms with Crippen molar-refractivity contribution < 1.29 is 13.6 Å². The van der Waals surface area contributed by atoms with Gasteiger partial charge in [-0.25, -0.2) is 13.5 Å². The standard InChI is InChI=1S/C19H14ClF2N3O2/c1-11(19(27)23-16-9-14(21)8-15(22)10-16)25-18(26)6-5-17(24-25)12-3-2-4-13(20)7-12/h2-11H,1H3,(H,23,27). The van der Waals surface area contributed by atoms with Gasteiger partial charge in [-0.2, -0.15) is 5.10 Å². The first kappa shape index (κ1) is 18.7. The Hall–Kier alpha value is -3.06. The highest BCUT2D eigenvalue weighted by atomic mass is 35.5. The molecule has 0 fully saturated rings. The molecule has 1 aromatic heterocycles. The van der Waals surface area contributed by atoms with Gasteiger partial charge in [0.25, 0.3) is 5.56 Å². The fourth-order valence-electron chi connectivity index (χ4n) is 2.49. The predicted molar refractivity (Wildman–Crippen MR) is 98.6 cm³/mol. The summed E-state index contributed by atoms with van der Waals surface area (Å²) in [5.41, 5.74) is 0.585. The molecule has 5 nitrogen and oxygen atoms in total. The number of nitrogens with zero attached hydrogens (tertiary/aromatic N) is 2. The van der Waals surface area contributed by atoms with Crippen LogP contribution in [-0.2, 0) is 4.79 Å². The first-order valence-electron chi connectivity index (χ1n) is 7.96. The van der Waals surface area contributed by atoms with Gasteiger partial charge in [-0.3, -0.25) is 9.59 Å². The second-order valence-corrected chi connectivity index (χ2v) is 6.27. The largest absolute Gasteiger partial charge is 0.324 e. The van der Waals surface area contributed by atoms with Crippen molar-refractivity contribution in [3.05, 3.63) is 81.6 Å². The number of hydrogen-bond acceptors (Lipinski definition) is 3. The molecular formula is C19H14ClF2N3O2. The molecule has 8 heteroatoms. The third-order valence-electron chi connectivity index (χ3n) is 3.82. The number of aromatic nitrogens is 2. The van der Waals surface area contributed by atoms with Gasteiger partial charge >= 0.3 is 0 Å². The summed E-state index contributed by atoms with van der Waals surface area (Å²) in [5, 5.41) is 7.10. The lowest BCUT2D eigenvalue weighted by molar-refractivity contribution is -0.119. The van der Waals surface area contributed by atoms with E-state index in [2.05, 4.69) is 10.4 Å². The molecule has 1 atom stereocenters. The minimum Gasteiger partial charge on any atom is -0.324 e. The van der Waals surface area contributed by atoms with Gasteiger partial charge in [0, 0.05) is 28.4 Å². The minimum absolute atomic E-state index is 0.0524. The van der Waals surface area contributed by atoms with Crippen LogP contribution < -0.4 is 10.9 Å². The molecule has 0 aliphatic heterocycles. The van der Waals surface area contributed by atoms with Crippen LogP contribution in [-0.4, -0.2) is 15.7 Å². The Morgan fingerprint density at radius 3 is 2.48 bits per heavy atom. The Bertz CT molecular complexity index is 1050. The Labute approximate surface area is 158 Å². The van der Waals surface area contributed by atoms with E-state index in [1.807, 2.05) is 0 Å². The average Bonchev–Trinajstić information content (AvgIpc) is 2.60. The molecule has 1 amide bonds. The van der Waals surface area contributed by atoms with Gasteiger partial charge in [0.1, 0.15) is 17.7 Å². The number of benzene rings is 2. The average molecular weight is 390 g/mol. The first-order chi connectivity index (χ1) is 12.8. The molecule has 0 radical (unpaired) electrons. The smallest absolute Gasteiger partial charge is 0.267 e. The highest BCUT2D eigenvalue weighted by Crippen LogP contribution is 2.20. The Morgan fingerprint density at radius 1 is 1.11 bits per heavy atom. The third kappa shape index (κ3) is 4.38. The molecule has 0 aliphatic carbocycles. The Morgan fingerprint density at radius 2 is 1.81 bits per heavy atom. The SMILES string of the molecule is CC(C(=O)Nc1cc(F)cc(F)c1)n1nc(-c2cccc(Cl)c2)ccc1=O. The van der Waals surface area contributed by atoms with Gasteiger partial charge in [0.15, 0.2) is 0 Å². The number of carbonyl (C=O) groups is 1. The van der Waals surface area contributed by atoms with Crippen LogP contribution in [0.25, 0.3) is 11.3 Å². The minimum atomic E-state index is -1.01. The molecule has 0 saturated carbocycles. The van der Waals surface area contributed by atoms with Crippen LogP contribution in [0.4, 0.5) is 14.5 Å². The van der Waals surface area contributed by atoms with Crippen molar-refractivity contribution in [2.75, 3.05) is 5.32 Å². The molecule has 2 aromatic carbocycles. The lowest BCUT2D eigenvalue weighted by atomic mass is 10.1. The van der Waals surface area contributed by atoms with Crippen LogP contribution in [0.15, 0.2) is 59.4 Å². The maximum Gasteiger partial charge on any atom is 0.267 e.